The number of aromatic nitrogens is 3. The van der Waals surface area contributed by atoms with Gasteiger partial charge in [-0.1, -0.05) is 11.6 Å². The fourth-order valence-corrected chi connectivity index (χ4v) is 4.50. The van der Waals surface area contributed by atoms with Gasteiger partial charge in [0.1, 0.15) is 11.4 Å². The minimum Gasteiger partial charge on any atom is -0.436 e. The number of ether oxygens (including phenoxy) is 1. The summed E-state index contributed by atoms with van der Waals surface area (Å²) in [6.45, 7) is 0.192. The summed E-state index contributed by atoms with van der Waals surface area (Å²) in [4.78, 5) is 30.9. The van der Waals surface area contributed by atoms with Crippen LogP contribution < -0.4 is 11.1 Å². The average molecular weight is 475 g/mol. The Morgan fingerprint density at radius 3 is 2.91 bits per heavy atom. The minimum absolute atomic E-state index is 0.0177. The summed E-state index contributed by atoms with van der Waals surface area (Å²) in [5.41, 5.74) is 5.02. The van der Waals surface area contributed by atoms with Crippen molar-refractivity contribution in [2.75, 3.05) is 24.1 Å². The lowest BCUT2D eigenvalue weighted by Crippen LogP contribution is -2.53. The van der Waals surface area contributed by atoms with E-state index in [-0.39, 0.29) is 40.0 Å². The van der Waals surface area contributed by atoms with E-state index in [0.717, 1.165) is 4.68 Å². The number of nitrogens with two attached hydrogens (primary N) is 1. The molecule has 2 aliphatic heterocycles. The Hall–Kier alpha value is -3.73. The van der Waals surface area contributed by atoms with Gasteiger partial charge in [-0.25, -0.2) is 18.6 Å². The molecule has 4 heterocycles. The molecule has 5 rings (SSSR count). The number of fused-ring (bicyclic) bond motifs is 2. The fourth-order valence-electron chi connectivity index (χ4n) is 4.34. The number of anilines is 2. The number of rotatable bonds is 2. The topological polar surface area (TPSA) is 115 Å². The van der Waals surface area contributed by atoms with Crippen LogP contribution >= 0.6 is 11.6 Å². The summed E-state index contributed by atoms with van der Waals surface area (Å²) >= 11 is 5.99. The van der Waals surface area contributed by atoms with E-state index < -0.39 is 29.2 Å². The number of amides is 2. The van der Waals surface area contributed by atoms with Crippen molar-refractivity contribution in [3.63, 3.8) is 0 Å². The molecule has 12 heteroatoms. The van der Waals surface area contributed by atoms with E-state index in [1.807, 2.05) is 0 Å². The molecule has 33 heavy (non-hydrogen) atoms. The molecular formula is C21H17ClF2N6O3. The molecule has 1 aromatic carbocycles. The zero-order valence-electron chi connectivity index (χ0n) is 17.0. The van der Waals surface area contributed by atoms with Gasteiger partial charge in [-0.05, 0) is 37.1 Å². The van der Waals surface area contributed by atoms with Crippen molar-refractivity contribution < 1.29 is 23.1 Å². The Morgan fingerprint density at radius 2 is 2.12 bits per heavy atom. The number of benzene rings is 1. The molecule has 0 aliphatic carbocycles. The number of nitrogens with zero attached hydrogens (tertiary/aromatic N) is 4. The Labute approximate surface area is 191 Å². The molecule has 0 unspecified atom stereocenters. The van der Waals surface area contributed by atoms with Crippen molar-refractivity contribution in [2.24, 2.45) is 0 Å². The predicted molar refractivity (Wildman–Crippen MR) is 114 cm³/mol. The number of nitrogens with one attached hydrogen (secondary N) is 1. The number of hydrogen-bond acceptors (Lipinski definition) is 6. The largest absolute Gasteiger partial charge is 0.436 e. The molecule has 1 atom stereocenters. The first-order chi connectivity index (χ1) is 15.8. The molecule has 1 spiro atoms. The molecule has 2 aliphatic rings. The summed E-state index contributed by atoms with van der Waals surface area (Å²) in [6.07, 6.45) is 2.55. The van der Waals surface area contributed by atoms with Crippen LogP contribution in [-0.2, 0) is 10.3 Å². The Kier molecular flexibility index (Phi) is 4.93. The Balaban J connectivity index is 1.50. The first-order valence-corrected chi connectivity index (χ1v) is 10.4. The van der Waals surface area contributed by atoms with Gasteiger partial charge in [0.05, 0.1) is 29.0 Å². The van der Waals surface area contributed by atoms with Crippen LogP contribution in [0.25, 0.3) is 5.82 Å². The van der Waals surface area contributed by atoms with E-state index in [9.17, 15) is 14.0 Å². The molecule has 3 aromatic rings. The number of pyridine rings is 1. The summed E-state index contributed by atoms with van der Waals surface area (Å²) in [6, 6.07) is 5.45. The van der Waals surface area contributed by atoms with Gasteiger partial charge in [-0.15, -0.1) is 0 Å². The molecule has 1 saturated heterocycles. The first kappa shape index (κ1) is 21.1. The van der Waals surface area contributed by atoms with Crippen molar-refractivity contribution >= 4 is 35.1 Å². The third-order valence-electron chi connectivity index (χ3n) is 5.79. The third kappa shape index (κ3) is 3.35. The van der Waals surface area contributed by atoms with Crippen LogP contribution in [-0.4, -0.2) is 44.8 Å². The van der Waals surface area contributed by atoms with E-state index in [0.29, 0.717) is 19.4 Å². The predicted octanol–water partition coefficient (Wildman–Crippen LogP) is 3.47. The highest BCUT2D eigenvalue weighted by Gasteiger charge is 2.48. The monoisotopic (exact) mass is 474 g/mol. The number of halogens is 3. The Morgan fingerprint density at radius 1 is 1.30 bits per heavy atom. The minimum atomic E-state index is -1.42. The van der Waals surface area contributed by atoms with Gasteiger partial charge in [0.15, 0.2) is 23.1 Å². The normalized spacial score (nSPS) is 19.7. The standard InChI is InChI=1S/C21H17ClF2N6O3/c22-12-4-5-14-15(16(12)24)21(33-20(32)28-14)6-2-8-29(10-21)19(31)11-9-27-30(17(11)25)18-13(23)3-1-7-26-18/h1,3-5,7,9H,2,6,8,10,25H2,(H,28,32)/t21-/m0/s1. The van der Waals surface area contributed by atoms with E-state index in [1.165, 1.54) is 41.6 Å². The van der Waals surface area contributed by atoms with Crippen molar-refractivity contribution in [3.05, 3.63) is 64.4 Å². The van der Waals surface area contributed by atoms with Gasteiger partial charge >= 0.3 is 6.09 Å². The fraction of sp³-hybridized carbons (Fsp3) is 0.238. The van der Waals surface area contributed by atoms with Crippen LogP contribution in [0.1, 0.15) is 28.8 Å². The molecule has 9 nitrogen and oxygen atoms in total. The number of carbonyl (C=O) groups excluding carboxylic acids is 2. The SMILES string of the molecule is Nc1c(C(=O)N2CCC[C@@]3(C2)OC(=O)Nc2ccc(Cl)c(F)c23)cnn1-c1ncccc1F. The first-order valence-electron chi connectivity index (χ1n) is 10.0. The number of piperidine rings is 1. The van der Waals surface area contributed by atoms with Gasteiger partial charge in [0.2, 0.25) is 0 Å². The van der Waals surface area contributed by atoms with Crippen LogP contribution in [0.3, 0.4) is 0 Å². The zero-order chi connectivity index (χ0) is 23.3. The van der Waals surface area contributed by atoms with Gasteiger partial charge in [-0.2, -0.15) is 9.78 Å². The molecule has 3 N–H and O–H groups in total. The second kappa shape index (κ2) is 7.69. The summed E-state index contributed by atoms with van der Waals surface area (Å²) in [7, 11) is 0. The molecule has 170 valence electrons. The smallest absolute Gasteiger partial charge is 0.412 e. The Bertz CT molecular complexity index is 1300. The molecule has 0 saturated carbocycles. The van der Waals surface area contributed by atoms with Crippen molar-refractivity contribution in [1.29, 1.82) is 0 Å². The molecule has 2 aromatic heterocycles. The maximum Gasteiger partial charge on any atom is 0.412 e. The van der Waals surface area contributed by atoms with Crippen LogP contribution in [0.15, 0.2) is 36.7 Å². The molecule has 0 bridgehead atoms. The number of carbonyl (C=O) groups is 2. The molecule has 1 fully saturated rings. The quantitative estimate of drug-likeness (QED) is 0.587. The molecular weight excluding hydrogens is 458 g/mol. The zero-order valence-corrected chi connectivity index (χ0v) is 17.8. The van der Waals surface area contributed by atoms with Crippen molar-refractivity contribution in [1.82, 2.24) is 19.7 Å². The van der Waals surface area contributed by atoms with E-state index in [4.69, 9.17) is 22.1 Å². The lowest BCUT2D eigenvalue weighted by atomic mass is 9.83. The molecule has 2 amide bonds. The van der Waals surface area contributed by atoms with Crippen LogP contribution in [0.4, 0.5) is 25.1 Å². The number of hydrogen-bond donors (Lipinski definition) is 2. The van der Waals surface area contributed by atoms with E-state index in [2.05, 4.69) is 15.4 Å². The van der Waals surface area contributed by atoms with Gasteiger partial charge in [0, 0.05) is 12.7 Å². The van der Waals surface area contributed by atoms with E-state index >= 15 is 4.39 Å². The van der Waals surface area contributed by atoms with Crippen molar-refractivity contribution in [2.45, 2.75) is 18.4 Å². The maximum absolute atomic E-state index is 15.0. The second-order valence-corrected chi connectivity index (χ2v) is 8.19. The van der Waals surface area contributed by atoms with Crippen molar-refractivity contribution in [3.8, 4) is 5.82 Å². The summed E-state index contributed by atoms with van der Waals surface area (Å²) in [5.74, 6) is -2.15. The highest BCUT2D eigenvalue weighted by molar-refractivity contribution is 6.31. The highest BCUT2D eigenvalue weighted by atomic mass is 35.5. The van der Waals surface area contributed by atoms with Crippen LogP contribution in [0.2, 0.25) is 5.02 Å². The van der Waals surface area contributed by atoms with E-state index in [1.54, 1.807) is 0 Å². The second-order valence-electron chi connectivity index (χ2n) is 7.79. The van der Waals surface area contributed by atoms with Crippen LogP contribution in [0, 0.1) is 11.6 Å². The molecule has 0 radical (unpaired) electrons. The summed E-state index contributed by atoms with van der Waals surface area (Å²) < 4.78 is 35.8. The van der Waals surface area contributed by atoms with Crippen LogP contribution in [0.5, 0.6) is 0 Å². The average Bonchev–Trinajstić information content (AvgIpc) is 3.17. The van der Waals surface area contributed by atoms with Gasteiger partial charge < -0.3 is 15.4 Å². The third-order valence-corrected chi connectivity index (χ3v) is 6.09. The summed E-state index contributed by atoms with van der Waals surface area (Å²) in [5, 5.41) is 6.36. The van der Waals surface area contributed by atoms with Gasteiger partial charge in [0.25, 0.3) is 5.91 Å². The number of nitrogen functional groups attached to an aromatic ring is 1. The lowest BCUT2D eigenvalue weighted by molar-refractivity contribution is -0.0418. The lowest BCUT2D eigenvalue weighted by Gasteiger charge is -2.45. The number of likely N-dealkylation sites (tertiary alicyclic amines) is 1. The maximum atomic E-state index is 15.0. The highest BCUT2D eigenvalue weighted by Crippen LogP contribution is 2.45. The van der Waals surface area contributed by atoms with Gasteiger partial charge in [-0.3, -0.25) is 10.1 Å².